The first kappa shape index (κ1) is 10.2. The molecule has 0 saturated heterocycles. The van der Waals surface area contributed by atoms with Gasteiger partial charge in [-0.25, -0.2) is 4.79 Å². The zero-order valence-corrected chi connectivity index (χ0v) is 7.42. The summed E-state index contributed by atoms with van der Waals surface area (Å²) in [6.45, 7) is 9.90. The fourth-order valence-corrected chi connectivity index (χ4v) is 0.730. The summed E-state index contributed by atoms with van der Waals surface area (Å²) in [5.74, 6) is 0.0162. The lowest BCUT2D eigenvalue weighted by Gasteiger charge is -1.91. The van der Waals surface area contributed by atoms with Gasteiger partial charge in [-0.3, -0.25) is 0 Å². The summed E-state index contributed by atoms with van der Waals surface area (Å²) in [7, 11) is 0. The number of carboxylic acid groups (broad SMARTS) is 1. The minimum absolute atomic E-state index is 0.708. The van der Waals surface area contributed by atoms with Crippen molar-refractivity contribution in [3.63, 3.8) is 0 Å². The van der Waals surface area contributed by atoms with Gasteiger partial charge in [0.25, 0.3) is 0 Å². The highest BCUT2D eigenvalue weighted by molar-refractivity contribution is 5.78. The van der Waals surface area contributed by atoms with Gasteiger partial charge in [-0.05, 0) is 17.8 Å². The molecule has 1 saturated carbocycles. The normalized spacial score (nSPS) is 24.5. The Bertz CT molecular complexity index is 159. The van der Waals surface area contributed by atoms with E-state index >= 15 is 0 Å². The molecule has 0 aliphatic heterocycles. The van der Waals surface area contributed by atoms with Gasteiger partial charge in [-0.1, -0.05) is 27.4 Å². The lowest BCUT2D eigenvalue weighted by molar-refractivity contribution is -0.131. The molecule has 2 heteroatoms. The first-order valence-corrected chi connectivity index (χ1v) is 3.75. The maximum atomic E-state index is 9.25. The van der Waals surface area contributed by atoms with Crippen LogP contribution in [0.15, 0.2) is 12.7 Å². The maximum Gasteiger partial charge on any atom is 0.327 e. The number of aliphatic carboxylic acids is 1. The van der Waals surface area contributed by atoms with Gasteiger partial charge >= 0.3 is 5.97 Å². The van der Waals surface area contributed by atoms with Crippen molar-refractivity contribution in [1.82, 2.24) is 0 Å². The van der Waals surface area contributed by atoms with E-state index in [9.17, 15) is 4.79 Å². The Labute approximate surface area is 67.9 Å². The van der Waals surface area contributed by atoms with Gasteiger partial charge in [0.05, 0.1) is 0 Å². The van der Waals surface area contributed by atoms with Crippen molar-refractivity contribution in [1.29, 1.82) is 0 Å². The van der Waals surface area contributed by atoms with Crippen LogP contribution in [-0.4, -0.2) is 11.1 Å². The first-order chi connectivity index (χ1) is 4.90. The summed E-state index contributed by atoms with van der Waals surface area (Å²) in [4.78, 5) is 9.25. The van der Waals surface area contributed by atoms with Crippen molar-refractivity contribution in [2.45, 2.75) is 27.2 Å². The van der Waals surface area contributed by atoms with Gasteiger partial charge in [0.1, 0.15) is 0 Å². The molecule has 0 amide bonds. The Balaban J connectivity index is 0.000000187. The highest BCUT2D eigenvalue weighted by Gasteiger charge is 2.41. The van der Waals surface area contributed by atoms with E-state index < -0.39 is 5.97 Å². The zero-order chi connectivity index (χ0) is 9.07. The molecule has 0 spiro atoms. The fraction of sp³-hybridized carbons (Fsp3) is 0.667. The van der Waals surface area contributed by atoms with Crippen molar-refractivity contribution in [2.24, 2.45) is 11.3 Å². The molecule has 2 nitrogen and oxygen atoms in total. The average Bonchev–Trinajstić information content (AvgIpc) is 2.39. The van der Waals surface area contributed by atoms with Gasteiger partial charge in [0, 0.05) is 6.08 Å². The van der Waals surface area contributed by atoms with Crippen molar-refractivity contribution >= 4 is 5.97 Å². The van der Waals surface area contributed by atoms with Crippen LogP contribution in [-0.2, 0) is 4.79 Å². The molecule has 1 aliphatic rings. The molecule has 1 unspecified atom stereocenters. The summed E-state index contributed by atoms with van der Waals surface area (Å²) in [6, 6.07) is 0. The highest BCUT2D eigenvalue weighted by Crippen LogP contribution is 2.50. The summed E-state index contributed by atoms with van der Waals surface area (Å²) in [6.07, 6.45) is 2.27. The Hall–Kier alpha value is -0.790. The van der Waals surface area contributed by atoms with Crippen LogP contribution < -0.4 is 0 Å². The van der Waals surface area contributed by atoms with Gasteiger partial charge < -0.3 is 5.11 Å². The van der Waals surface area contributed by atoms with E-state index in [1.165, 1.54) is 6.42 Å². The van der Waals surface area contributed by atoms with E-state index in [-0.39, 0.29) is 0 Å². The maximum absolute atomic E-state index is 9.25. The van der Waals surface area contributed by atoms with E-state index in [1.807, 2.05) is 0 Å². The van der Waals surface area contributed by atoms with E-state index in [0.29, 0.717) is 5.41 Å². The predicted octanol–water partition coefficient (Wildman–Crippen LogP) is 2.31. The molecule has 0 aromatic heterocycles. The number of rotatable bonds is 1. The number of carbonyl (C=O) groups is 1. The van der Waals surface area contributed by atoms with Crippen LogP contribution >= 0.6 is 0 Å². The molecule has 0 heterocycles. The summed E-state index contributed by atoms with van der Waals surface area (Å²) >= 11 is 0. The van der Waals surface area contributed by atoms with E-state index in [2.05, 4.69) is 27.4 Å². The van der Waals surface area contributed by atoms with Crippen LogP contribution in [0.25, 0.3) is 0 Å². The van der Waals surface area contributed by atoms with Crippen molar-refractivity contribution in [3.05, 3.63) is 12.7 Å². The monoisotopic (exact) mass is 156 g/mol. The van der Waals surface area contributed by atoms with Crippen LogP contribution in [0.2, 0.25) is 0 Å². The van der Waals surface area contributed by atoms with Crippen molar-refractivity contribution < 1.29 is 9.90 Å². The third kappa shape index (κ3) is 4.59. The van der Waals surface area contributed by atoms with Gasteiger partial charge in [0.2, 0.25) is 0 Å². The van der Waals surface area contributed by atoms with Gasteiger partial charge in [0.15, 0.2) is 0 Å². The standard InChI is InChI=1S/C6H12.C3H4O2/c1-5-4-6(5,2)3;1-2-3(4)5/h5H,4H2,1-3H3;2H,1H2,(H,4,5). The molecule has 1 atom stereocenters. The van der Waals surface area contributed by atoms with Crippen LogP contribution in [0.3, 0.4) is 0 Å². The first-order valence-electron chi connectivity index (χ1n) is 3.75. The molecule has 0 radical (unpaired) electrons. The molecular weight excluding hydrogens is 140 g/mol. The second kappa shape index (κ2) is 3.56. The van der Waals surface area contributed by atoms with E-state index in [4.69, 9.17) is 5.11 Å². The van der Waals surface area contributed by atoms with Crippen LogP contribution in [0.5, 0.6) is 0 Å². The average molecular weight is 156 g/mol. The molecule has 0 bridgehead atoms. The summed E-state index contributed by atoms with van der Waals surface area (Å²) in [5, 5.41) is 7.60. The van der Waals surface area contributed by atoms with Crippen LogP contribution in [0.4, 0.5) is 0 Å². The molecule has 0 aromatic rings. The van der Waals surface area contributed by atoms with Crippen LogP contribution in [0, 0.1) is 11.3 Å². The lowest BCUT2D eigenvalue weighted by Crippen LogP contribution is -1.82. The number of hydrogen-bond donors (Lipinski definition) is 1. The molecular formula is C9H16O2. The molecule has 11 heavy (non-hydrogen) atoms. The second-order valence-electron chi connectivity index (χ2n) is 3.64. The van der Waals surface area contributed by atoms with Gasteiger partial charge in [-0.15, -0.1) is 0 Å². The van der Waals surface area contributed by atoms with Gasteiger partial charge in [-0.2, -0.15) is 0 Å². The fourth-order valence-electron chi connectivity index (χ4n) is 0.730. The molecule has 0 aromatic carbocycles. The molecule has 1 fully saturated rings. The highest BCUT2D eigenvalue weighted by atomic mass is 16.4. The Morgan fingerprint density at radius 2 is 1.91 bits per heavy atom. The molecule has 64 valence electrons. The molecule has 1 aliphatic carbocycles. The van der Waals surface area contributed by atoms with Crippen LogP contribution in [0.1, 0.15) is 27.2 Å². The Kier molecular flexibility index (Phi) is 3.30. The minimum atomic E-state index is -0.981. The van der Waals surface area contributed by atoms with Crippen molar-refractivity contribution in [2.75, 3.05) is 0 Å². The smallest absolute Gasteiger partial charge is 0.327 e. The summed E-state index contributed by atoms with van der Waals surface area (Å²) < 4.78 is 0. The Morgan fingerprint density at radius 1 is 1.73 bits per heavy atom. The third-order valence-electron chi connectivity index (χ3n) is 2.18. The predicted molar refractivity (Wildman–Crippen MR) is 45.4 cm³/mol. The number of hydrogen-bond acceptors (Lipinski definition) is 1. The summed E-state index contributed by atoms with van der Waals surface area (Å²) in [5.41, 5.74) is 0.708. The van der Waals surface area contributed by atoms with Crippen molar-refractivity contribution in [3.8, 4) is 0 Å². The molecule has 1 N–H and O–H groups in total. The number of carboxylic acids is 1. The Morgan fingerprint density at radius 3 is 1.91 bits per heavy atom. The largest absolute Gasteiger partial charge is 0.478 e. The van der Waals surface area contributed by atoms with E-state index in [1.54, 1.807) is 0 Å². The minimum Gasteiger partial charge on any atom is -0.478 e. The third-order valence-corrected chi connectivity index (χ3v) is 2.18. The zero-order valence-electron chi connectivity index (χ0n) is 7.42. The topological polar surface area (TPSA) is 37.3 Å². The molecule has 1 rings (SSSR count). The second-order valence-corrected chi connectivity index (χ2v) is 3.64. The SMILES string of the molecule is C=CC(=O)O.CC1CC1(C)C. The van der Waals surface area contributed by atoms with E-state index in [0.717, 1.165) is 12.0 Å². The lowest BCUT2D eigenvalue weighted by atomic mass is 10.1. The quantitative estimate of drug-likeness (QED) is 0.591.